The molecule has 1 radical (unpaired) electrons. The molecule has 1 nitrogen and oxygen atoms in total. The van der Waals surface area contributed by atoms with Gasteiger partial charge in [0.05, 0.1) is 0 Å². The summed E-state index contributed by atoms with van der Waals surface area (Å²) in [7, 11) is -1.15. The smallest absolute Gasteiger partial charge is 0.123 e. The second kappa shape index (κ2) is 12.7. The van der Waals surface area contributed by atoms with Crippen LogP contribution in [-0.4, -0.2) is 39.1 Å². The third-order valence-corrected chi connectivity index (χ3v) is 15.6. The SMILES string of the molecule is CC(C)P(c1[c]c(P(C(C)C)C(C)C)c(-c2ccccc2O)c(P(C(C)C)C(C)C)c1)C(C)C. The maximum absolute atomic E-state index is 11.1. The molecule has 0 heterocycles. The molecule has 0 fully saturated rings. The fraction of sp³-hybridized carbons (Fsp3) is 0.600. The van der Waals surface area contributed by atoms with Gasteiger partial charge >= 0.3 is 0 Å². The van der Waals surface area contributed by atoms with E-state index in [4.69, 9.17) is 0 Å². The molecule has 0 spiro atoms. The average molecular weight is 518 g/mol. The van der Waals surface area contributed by atoms with Crippen LogP contribution < -0.4 is 15.9 Å². The van der Waals surface area contributed by atoms with Gasteiger partial charge in [-0.2, -0.15) is 0 Å². The zero-order valence-electron chi connectivity index (χ0n) is 23.6. The van der Waals surface area contributed by atoms with Crippen molar-refractivity contribution in [1.29, 1.82) is 0 Å². The van der Waals surface area contributed by atoms with Crippen LogP contribution in [0.5, 0.6) is 5.75 Å². The first-order valence-corrected chi connectivity index (χ1v) is 17.5. The van der Waals surface area contributed by atoms with Crippen LogP contribution in [0.2, 0.25) is 0 Å². The zero-order chi connectivity index (χ0) is 25.9. The normalized spacial score (nSPS) is 12.9. The van der Waals surface area contributed by atoms with E-state index in [2.05, 4.69) is 107 Å². The molecule has 1 N–H and O–H groups in total. The van der Waals surface area contributed by atoms with Crippen molar-refractivity contribution in [2.45, 2.75) is 117 Å². The van der Waals surface area contributed by atoms with Gasteiger partial charge in [0.1, 0.15) is 5.75 Å². The molecule has 2 rings (SSSR count). The largest absolute Gasteiger partial charge is 0.507 e. The Kier molecular flexibility index (Phi) is 11.1. The van der Waals surface area contributed by atoms with Gasteiger partial charge in [0.2, 0.25) is 0 Å². The van der Waals surface area contributed by atoms with Crippen LogP contribution in [0, 0.1) is 6.07 Å². The lowest BCUT2D eigenvalue weighted by Crippen LogP contribution is -2.31. The summed E-state index contributed by atoms with van der Waals surface area (Å²) < 4.78 is 0. The molecule has 4 heteroatoms. The quantitative estimate of drug-likeness (QED) is 0.313. The molecule has 0 saturated carbocycles. The van der Waals surface area contributed by atoms with Gasteiger partial charge in [-0.15, -0.1) is 0 Å². The van der Waals surface area contributed by atoms with Crippen LogP contribution in [0.3, 0.4) is 0 Å². The topological polar surface area (TPSA) is 20.2 Å². The van der Waals surface area contributed by atoms with Crippen molar-refractivity contribution >= 4 is 39.7 Å². The van der Waals surface area contributed by atoms with Crippen LogP contribution >= 0.6 is 23.8 Å². The molecule has 0 unspecified atom stereocenters. The number of hydrogen-bond acceptors (Lipinski definition) is 1. The van der Waals surface area contributed by atoms with Gasteiger partial charge in [-0.1, -0.05) is 125 Å². The minimum atomic E-state index is -0.436. The van der Waals surface area contributed by atoms with Gasteiger partial charge < -0.3 is 5.11 Å². The number of aromatic hydroxyl groups is 1. The van der Waals surface area contributed by atoms with E-state index in [-0.39, 0.29) is 7.92 Å². The van der Waals surface area contributed by atoms with Gasteiger partial charge in [-0.05, 0) is 68.1 Å². The molecular weight excluding hydrogens is 469 g/mol. The Labute approximate surface area is 214 Å². The Morgan fingerprint density at radius 1 is 0.618 bits per heavy atom. The molecule has 0 atom stereocenters. The minimum absolute atomic E-state index is 0.319. The first-order valence-electron chi connectivity index (χ1n) is 13.0. The van der Waals surface area contributed by atoms with Crippen molar-refractivity contribution in [1.82, 2.24) is 0 Å². The molecule has 0 aliphatic heterocycles. The zero-order valence-corrected chi connectivity index (χ0v) is 26.3. The molecule has 2 aromatic carbocycles. The molecule has 0 aliphatic carbocycles. The van der Waals surface area contributed by atoms with E-state index in [0.29, 0.717) is 39.7 Å². The highest BCUT2D eigenvalue weighted by Gasteiger charge is 2.32. The second-order valence-electron chi connectivity index (χ2n) is 11.1. The molecule has 189 valence electrons. The maximum Gasteiger partial charge on any atom is 0.123 e. The van der Waals surface area contributed by atoms with E-state index in [1.807, 2.05) is 12.1 Å². The highest BCUT2D eigenvalue weighted by atomic mass is 31.1. The second-order valence-corrected chi connectivity index (χ2v) is 21.1. The molecule has 2 aromatic rings. The summed E-state index contributed by atoms with van der Waals surface area (Å²) in [6, 6.07) is 14.6. The predicted molar refractivity (Wildman–Crippen MR) is 163 cm³/mol. The monoisotopic (exact) mass is 517 g/mol. The number of hydrogen-bond donors (Lipinski definition) is 1. The van der Waals surface area contributed by atoms with Crippen LogP contribution in [0.15, 0.2) is 30.3 Å². The highest BCUT2D eigenvalue weighted by molar-refractivity contribution is 7.70. The number of para-hydroxylation sites is 1. The van der Waals surface area contributed by atoms with Crippen LogP contribution in [-0.2, 0) is 0 Å². The summed E-state index contributed by atoms with van der Waals surface area (Å²) in [4.78, 5) is 0. The number of phenols is 1. The third kappa shape index (κ3) is 6.64. The summed E-state index contributed by atoms with van der Waals surface area (Å²) in [6.45, 7) is 28.6. The Morgan fingerprint density at radius 3 is 1.47 bits per heavy atom. The molecule has 0 aliphatic rings. The lowest BCUT2D eigenvalue weighted by atomic mass is 10.0. The van der Waals surface area contributed by atoms with Crippen LogP contribution in [0.4, 0.5) is 0 Å². The van der Waals surface area contributed by atoms with E-state index < -0.39 is 15.8 Å². The van der Waals surface area contributed by atoms with E-state index in [9.17, 15) is 5.11 Å². The third-order valence-electron chi connectivity index (χ3n) is 6.34. The fourth-order valence-corrected chi connectivity index (χ4v) is 14.6. The lowest BCUT2D eigenvalue weighted by molar-refractivity contribution is 0.477. The van der Waals surface area contributed by atoms with Crippen molar-refractivity contribution in [3.05, 3.63) is 36.4 Å². The van der Waals surface area contributed by atoms with Gasteiger partial charge in [-0.3, -0.25) is 0 Å². The summed E-state index contributed by atoms with van der Waals surface area (Å²) in [5, 5.41) is 15.4. The number of phenolic OH excluding ortho intramolecular Hbond substituents is 1. The maximum atomic E-state index is 11.1. The fourth-order valence-electron chi connectivity index (χ4n) is 5.45. The summed E-state index contributed by atoms with van der Waals surface area (Å²) >= 11 is 0. The Bertz CT molecular complexity index is 865. The van der Waals surface area contributed by atoms with Crippen molar-refractivity contribution < 1.29 is 5.11 Å². The molecule has 0 aromatic heterocycles. The molecule has 34 heavy (non-hydrogen) atoms. The first kappa shape index (κ1) is 29.8. The van der Waals surface area contributed by atoms with Crippen molar-refractivity contribution in [3.8, 4) is 16.9 Å². The summed E-state index contributed by atoms with van der Waals surface area (Å²) in [6.07, 6.45) is 0. The lowest BCUT2D eigenvalue weighted by Gasteiger charge is -2.36. The number of benzene rings is 2. The Morgan fingerprint density at radius 2 is 1.06 bits per heavy atom. The standard InChI is InChI=1S/C30H48OP3/c1-19(2)32(20(3)4)25-17-28(33(21(5)6)22(7)8)30(26-15-13-14-16-27(26)31)29(18-25)34(23(9)10)24(11)12/h13-17,19-24,31H,1-12H3. The predicted octanol–water partition coefficient (Wildman–Crippen LogP) is 8.63. The molecule has 0 bridgehead atoms. The average Bonchev–Trinajstić information content (AvgIpc) is 2.67. The summed E-state index contributed by atoms with van der Waals surface area (Å²) in [5.41, 5.74) is 5.82. The Balaban J connectivity index is 3.12. The molecular formula is C30H48OP3. The van der Waals surface area contributed by atoms with Gasteiger partial charge in [0.25, 0.3) is 0 Å². The first-order chi connectivity index (χ1) is 15.8. The van der Waals surface area contributed by atoms with Crippen LogP contribution in [0.25, 0.3) is 11.1 Å². The number of rotatable bonds is 10. The van der Waals surface area contributed by atoms with E-state index in [1.54, 1.807) is 0 Å². The molecule has 0 saturated heterocycles. The van der Waals surface area contributed by atoms with Gasteiger partial charge in [0.15, 0.2) is 0 Å². The van der Waals surface area contributed by atoms with Crippen molar-refractivity contribution in [3.63, 3.8) is 0 Å². The Hall–Kier alpha value is -0.470. The van der Waals surface area contributed by atoms with E-state index >= 15 is 0 Å². The van der Waals surface area contributed by atoms with Crippen molar-refractivity contribution in [2.75, 3.05) is 0 Å². The highest BCUT2D eigenvalue weighted by Crippen LogP contribution is 2.54. The van der Waals surface area contributed by atoms with Crippen LogP contribution in [0.1, 0.15) is 83.1 Å². The van der Waals surface area contributed by atoms with Gasteiger partial charge in [0, 0.05) is 11.1 Å². The summed E-state index contributed by atoms with van der Waals surface area (Å²) in [5.74, 6) is 0.394. The van der Waals surface area contributed by atoms with E-state index in [0.717, 1.165) is 5.56 Å². The van der Waals surface area contributed by atoms with Gasteiger partial charge in [-0.25, -0.2) is 0 Å². The molecule has 0 amide bonds. The minimum Gasteiger partial charge on any atom is -0.507 e. The van der Waals surface area contributed by atoms with Crippen molar-refractivity contribution in [2.24, 2.45) is 0 Å². The van der Waals surface area contributed by atoms with E-state index in [1.165, 1.54) is 21.5 Å².